The van der Waals surface area contributed by atoms with E-state index in [1.165, 1.54) is 0 Å². The van der Waals surface area contributed by atoms with Crippen molar-refractivity contribution >= 4 is 5.91 Å². The Bertz CT molecular complexity index is 288. The Kier molecular flexibility index (Phi) is 6.06. The number of hydrogen-bond acceptors (Lipinski definition) is 3. The van der Waals surface area contributed by atoms with Crippen LogP contribution < -0.4 is 10.6 Å². The van der Waals surface area contributed by atoms with Gasteiger partial charge in [0.15, 0.2) is 0 Å². The minimum absolute atomic E-state index is 0.238. The monoisotopic (exact) mass is 281 g/mol. The molecule has 7 heteroatoms. The minimum atomic E-state index is -4.36. The third-order valence-corrected chi connectivity index (χ3v) is 3.57. The van der Waals surface area contributed by atoms with Gasteiger partial charge < -0.3 is 10.6 Å². The number of hydrogen-bond donors (Lipinski definition) is 2. The SMILES string of the molecule is CC(C(=O)NCC(F)(F)F)N(C)C1CCCNCC1. The predicted molar refractivity (Wildman–Crippen MR) is 66.8 cm³/mol. The van der Waals surface area contributed by atoms with E-state index in [0.717, 1.165) is 32.4 Å². The van der Waals surface area contributed by atoms with Crippen LogP contribution in [0.25, 0.3) is 0 Å². The summed E-state index contributed by atoms with van der Waals surface area (Å²) < 4.78 is 36.2. The number of amides is 1. The zero-order chi connectivity index (χ0) is 14.5. The van der Waals surface area contributed by atoms with Gasteiger partial charge in [0.1, 0.15) is 6.54 Å². The summed E-state index contributed by atoms with van der Waals surface area (Å²) in [7, 11) is 1.80. The van der Waals surface area contributed by atoms with Crippen LogP contribution in [0, 0.1) is 0 Å². The topological polar surface area (TPSA) is 44.4 Å². The number of halogens is 3. The van der Waals surface area contributed by atoms with E-state index in [1.807, 2.05) is 10.2 Å². The van der Waals surface area contributed by atoms with Crippen molar-refractivity contribution in [3.63, 3.8) is 0 Å². The molecule has 1 rings (SSSR count). The third kappa shape index (κ3) is 5.78. The second-order valence-electron chi connectivity index (χ2n) is 5.01. The summed E-state index contributed by atoms with van der Waals surface area (Å²) in [6, 6.07) is -0.313. The van der Waals surface area contributed by atoms with Crippen molar-refractivity contribution in [2.45, 2.75) is 44.4 Å². The van der Waals surface area contributed by atoms with E-state index >= 15 is 0 Å². The quantitative estimate of drug-likeness (QED) is 0.812. The standard InChI is InChI=1S/C12H22F3N3O/c1-9(11(19)17-8-12(13,14)15)18(2)10-4-3-6-16-7-5-10/h9-10,16H,3-8H2,1-2H3,(H,17,19). The number of nitrogens with one attached hydrogen (secondary N) is 2. The first-order valence-corrected chi connectivity index (χ1v) is 6.58. The molecule has 1 saturated heterocycles. The van der Waals surface area contributed by atoms with Gasteiger partial charge in [0.05, 0.1) is 6.04 Å². The Morgan fingerprint density at radius 3 is 2.74 bits per heavy atom. The Balaban J connectivity index is 2.45. The molecule has 0 spiro atoms. The summed E-state index contributed by atoms with van der Waals surface area (Å²) >= 11 is 0. The molecule has 1 amide bonds. The third-order valence-electron chi connectivity index (χ3n) is 3.57. The zero-order valence-electron chi connectivity index (χ0n) is 11.4. The van der Waals surface area contributed by atoms with Crippen LogP contribution in [-0.2, 0) is 4.79 Å². The van der Waals surface area contributed by atoms with E-state index in [1.54, 1.807) is 14.0 Å². The molecule has 0 aromatic heterocycles. The largest absolute Gasteiger partial charge is 0.405 e. The van der Waals surface area contributed by atoms with Gasteiger partial charge in [0, 0.05) is 6.04 Å². The zero-order valence-corrected chi connectivity index (χ0v) is 11.4. The smallest absolute Gasteiger partial charge is 0.346 e. The number of carbonyl (C=O) groups is 1. The van der Waals surface area contributed by atoms with E-state index in [9.17, 15) is 18.0 Å². The summed E-state index contributed by atoms with van der Waals surface area (Å²) in [5, 5.41) is 5.21. The molecule has 1 aliphatic heterocycles. The van der Waals surface area contributed by atoms with Crippen LogP contribution in [0.2, 0.25) is 0 Å². The van der Waals surface area contributed by atoms with Crippen molar-refractivity contribution in [1.82, 2.24) is 15.5 Å². The average Bonchev–Trinajstić information content (AvgIpc) is 2.62. The van der Waals surface area contributed by atoms with E-state index < -0.39 is 24.7 Å². The van der Waals surface area contributed by atoms with E-state index in [0.29, 0.717) is 0 Å². The molecule has 0 radical (unpaired) electrons. The second kappa shape index (κ2) is 7.09. The van der Waals surface area contributed by atoms with E-state index in [2.05, 4.69) is 5.32 Å². The molecule has 2 atom stereocenters. The van der Waals surface area contributed by atoms with Crippen molar-refractivity contribution in [1.29, 1.82) is 0 Å². The Hall–Kier alpha value is -0.820. The fourth-order valence-electron chi connectivity index (χ4n) is 2.24. The highest BCUT2D eigenvalue weighted by Gasteiger charge is 2.30. The highest BCUT2D eigenvalue weighted by atomic mass is 19.4. The van der Waals surface area contributed by atoms with E-state index in [4.69, 9.17) is 0 Å². The van der Waals surface area contributed by atoms with Crippen LogP contribution in [0.4, 0.5) is 13.2 Å². The van der Waals surface area contributed by atoms with Crippen LogP contribution in [0.15, 0.2) is 0 Å². The first-order chi connectivity index (χ1) is 8.81. The number of carbonyl (C=O) groups excluding carboxylic acids is 1. The van der Waals surface area contributed by atoms with E-state index in [-0.39, 0.29) is 6.04 Å². The number of nitrogens with zero attached hydrogens (tertiary/aromatic N) is 1. The average molecular weight is 281 g/mol. The van der Waals surface area contributed by atoms with Crippen molar-refractivity contribution < 1.29 is 18.0 Å². The molecule has 0 saturated carbocycles. The molecule has 2 unspecified atom stereocenters. The molecule has 1 aliphatic rings. The molecule has 0 aromatic carbocycles. The summed E-state index contributed by atoms with van der Waals surface area (Å²) in [6.07, 6.45) is -1.47. The van der Waals surface area contributed by atoms with Gasteiger partial charge in [-0.15, -0.1) is 0 Å². The lowest BCUT2D eigenvalue weighted by Crippen LogP contribution is -2.49. The molecular weight excluding hydrogens is 259 g/mol. The fraction of sp³-hybridized carbons (Fsp3) is 0.917. The van der Waals surface area contributed by atoms with Gasteiger partial charge >= 0.3 is 6.18 Å². The molecule has 19 heavy (non-hydrogen) atoms. The minimum Gasteiger partial charge on any atom is -0.346 e. The first kappa shape index (κ1) is 16.2. The lowest BCUT2D eigenvalue weighted by Gasteiger charge is -2.31. The number of rotatable bonds is 4. The van der Waals surface area contributed by atoms with Gasteiger partial charge in [-0.1, -0.05) is 0 Å². The van der Waals surface area contributed by atoms with Crippen molar-refractivity contribution in [3.8, 4) is 0 Å². The normalized spacial score (nSPS) is 22.9. The lowest BCUT2D eigenvalue weighted by molar-refractivity contribution is -0.141. The maximum Gasteiger partial charge on any atom is 0.405 e. The number of alkyl halides is 3. The maximum atomic E-state index is 12.1. The number of likely N-dealkylation sites (N-methyl/N-ethyl adjacent to an activating group) is 1. The Morgan fingerprint density at radius 1 is 1.42 bits per heavy atom. The van der Waals surface area contributed by atoms with Crippen LogP contribution in [0.5, 0.6) is 0 Å². The molecule has 1 heterocycles. The molecule has 112 valence electrons. The summed E-state index contributed by atoms with van der Waals surface area (Å²) in [5.74, 6) is -0.572. The van der Waals surface area contributed by atoms with Gasteiger partial charge in [-0.25, -0.2) is 0 Å². The van der Waals surface area contributed by atoms with Crippen LogP contribution in [-0.4, -0.2) is 55.7 Å². The summed E-state index contributed by atoms with van der Waals surface area (Å²) in [5.41, 5.74) is 0. The fourth-order valence-corrected chi connectivity index (χ4v) is 2.24. The lowest BCUT2D eigenvalue weighted by atomic mass is 10.1. The Morgan fingerprint density at radius 2 is 2.11 bits per heavy atom. The van der Waals surface area contributed by atoms with Gasteiger partial charge in [-0.2, -0.15) is 13.2 Å². The molecular formula is C12H22F3N3O. The molecule has 2 N–H and O–H groups in total. The molecule has 0 aliphatic carbocycles. The second-order valence-corrected chi connectivity index (χ2v) is 5.01. The van der Waals surface area contributed by atoms with Crippen LogP contribution >= 0.6 is 0 Å². The van der Waals surface area contributed by atoms with Gasteiger partial charge in [0.25, 0.3) is 0 Å². The van der Waals surface area contributed by atoms with Crippen molar-refractivity contribution in [2.75, 3.05) is 26.7 Å². The van der Waals surface area contributed by atoms with Gasteiger partial charge in [-0.3, -0.25) is 9.69 Å². The highest BCUT2D eigenvalue weighted by molar-refractivity contribution is 5.81. The first-order valence-electron chi connectivity index (χ1n) is 6.58. The van der Waals surface area contributed by atoms with Gasteiger partial charge in [0.2, 0.25) is 5.91 Å². The van der Waals surface area contributed by atoms with Gasteiger partial charge in [-0.05, 0) is 46.3 Å². The summed E-state index contributed by atoms with van der Waals surface area (Å²) in [6.45, 7) is 2.21. The van der Waals surface area contributed by atoms with Crippen LogP contribution in [0.3, 0.4) is 0 Å². The van der Waals surface area contributed by atoms with Crippen molar-refractivity contribution in [2.24, 2.45) is 0 Å². The highest BCUT2D eigenvalue weighted by Crippen LogP contribution is 2.15. The maximum absolute atomic E-state index is 12.1. The summed E-state index contributed by atoms with van der Waals surface area (Å²) in [4.78, 5) is 13.6. The molecule has 1 fully saturated rings. The van der Waals surface area contributed by atoms with Crippen molar-refractivity contribution in [3.05, 3.63) is 0 Å². The molecule has 0 bridgehead atoms. The predicted octanol–water partition coefficient (Wildman–Crippen LogP) is 1.13. The molecule has 4 nitrogen and oxygen atoms in total. The van der Waals surface area contributed by atoms with Crippen LogP contribution in [0.1, 0.15) is 26.2 Å². The Labute approximate surface area is 111 Å². The molecule has 0 aromatic rings.